The van der Waals surface area contributed by atoms with E-state index in [1.54, 1.807) is 31.4 Å². The highest BCUT2D eigenvalue weighted by Gasteiger charge is 2.09. The van der Waals surface area contributed by atoms with E-state index in [0.717, 1.165) is 33.8 Å². The Bertz CT molecular complexity index is 1100. The summed E-state index contributed by atoms with van der Waals surface area (Å²) in [6.07, 6.45) is 3.24. The van der Waals surface area contributed by atoms with Crippen LogP contribution in [0.2, 0.25) is 10.0 Å². The summed E-state index contributed by atoms with van der Waals surface area (Å²) in [5.41, 5.74) is 4.36. The molecule has 0 atom stereocenters. The molecule has 0 N–H and O–H groups in total. The molecule has 5 heteroatoms. The lowest BCUT2D eigenvalue weighted by molar-refractivity contribution is 0.104. The molecule has 0 spiro atoms. The third kappa shape index (κ3) is 5.44. The Kier molecular flexibility index (Phi) is 7.20. The van der Waals surface area contributed by atoms with Gasteiger partial charge in [0.15, 0.2) is 5.78 Å². The summed E-state index contributed by atoms with van der Waals surface area (Å²) in [4.78, 5) is 12.5. The van der Waals surface area contributed by atoms with Gasteiger partial charge >= 0.3 is 0 Å². The van der Waals surface area contributed by atoms with Crippen LogP contribution in [0.5, 0.6) is 11.5 Å². The van der Waals surface area contributed by atoms with E-state index in [4.69, 9.17) is 32.7 Å². The Hall–Kier alpha value is -2.75. The third-order valence-corrected chi connectivity index (χ3v) is 5.20. The molecular formula is C25H22Cl2O3. The minimum absolute atomic E-state index is 0.194. The number of benzene rings is 3. The Balaban J connectivity index is 1.79. The monoisotopic (exact) mass is 440 g/mol. The van der Waals surface area contributed by atoms with Crippen molar-refractivity contribution in [1.82, 2.24) is 0 Å². The standard InChI is InChI=1S/C25H22Cl2O3/c1-16-4-5-17(2)25(12-16)30-15-19-13-18(7-11-24(19)29-3)6-10-23(28)21-9-8-20(26)14-22(21)27/h4-14H,15H2,1-3H3/b10-6+. The summed E-state index contributed by atoms with van der Waals surface area (Å²) in [6, 6.07) is 16.6. The number of methoxy groups -OCH3 is 1. The lowest BCUT2D eigenvalue weighted by atomic mass is 10.1. The van der Waals surface area contributed by atoms with Crippen molar-refractivity contribution in [2.75, 3.05) is 7.11 Å². The van der Waals surface area contributed by atoms with Crippen molar-refractivity contribution in [2.45, 2.75) is 20.5 Å². The van der Waals surface area contributed by atoms with Gasteiger partial charge in [-0.05, 0) is 73.0 Å². The molecule has 0 saturated carbocycles. The molecule has 0 aliphatic rings. The molecule has 0 aromatic heterocycles. The van der Waals surface area contributed by atoms with E-state index in [9.17, 15) is 4.79 Å². The molecule has 0 amide bonds. The number of ether oxygens (including phenoxy) is 2. The van der Waals surface area contributed by atoms with Gasteiger partial charge in [-0.25, -0.2) is 0 Å². The minimum Gasteiger partial charge on any atom is -0.496 e. The topological polar surface area (TPSA) is 35.5 Å². The van der Waals surface area contributed by atoms with E-state index >= 15 is 0 Å². The lowest BCUT2D eigenvalue weighted by Gasteiger charge is -2.13. The van der Waals surface area contributed by atoms with Gasteiger partial charge in [0, 0.05) is 16.1 Å². The number of halogens is 2. The molecule has 0 fully saturated rings. The molecule has 0 bridgehead atoms. The van der Waals surface area contributed by atoms with Crippen molar-refractivity contribution in [3.05, 3.63) is 98.5 Å². The maximum atomic E-state index is 12.5. The zero-order valence-electron chi connectivity index (χ0n) is 17.0. The summed E-state index contributed by atoms with van der Waals surface area (Å²) < 4.78 is 11.5. The molecule has 0 aliphatic heterocycles. The first kappa shape index (κ1) is 21.9. The van der Waals surface area contributed by atoms with Crippen LogP contribution in [0.15, 0.2) is 60.7 Å². The molecule has 30 heavy (non-hydrogen) atoms. The highest BCUT2D eigenvalue weighted by Crippen LogP contribution is 2.26. The van der Waals surface area contributed by atoms with Gasteiger partial charge in [0.25, 0.3) is 0 Å². The van der Waals surface area contributed by atoms with E-state index in [1.807, 2.05) is 44.2 Å². The summed E-state index contributed by atoms with van der Waals surface area (Å²) >= 11 is 12.0. The Labute approximate surface area is 186 Å². The quantitative estimate of drug-likeness (QED) is 0.290. The number of hydrogen-bond acceptors (Lipinski definition) is 3. The number of hydrogen-bond donors (Lipinski definition) is 0. The fourth-order valence-electron chi connectivity index (χ4n) is 2.98. The smallest absolute Gasteiger partial charge is 0.187 e. The zero-order chi connectivity index (χ0) is 21.7. The summed E-state index contributed by atoms with van der Waals surface area (Å²) in [5, 5.41) is 0.818. The maximum absolute atomic E-state index is 12.5. The Morgan fingerprint density at radius 1 is 0.967 bits per heavy atom. The molecule has 3 nitrogen and oxygen atoms in total. The van der Waals surface area contributed by atoms with Crippen molar-refractivity contribution in [1.29, 1.82) is 0 Å². The number of aryl methyl sites for hydroxylation is 2. The first-order valence-corrected chi connectivity index (χ1v) is 10.2. The van der Waals surface area contributed by atoms with Crippen LogP contribution in [0.4, 0.5) is 0 Å². The fraction of sp³-hybridized carbons (Fsp3) is 0.160. The van der Waals surface area contributed by atoms with Gasteiger partial charge in [0.05, 0.1) is 12.1 Å². The largest absolute Gasteiger partial charge is 0.496 e. The van der Waals surface area contributed by atoms with Crippen molar-refractivity contribution >= 4 is 35.1 Å². The molecule has 0 aliphatic carbocycles. The predicted octanol–water partition coefficient (Wildman–Crippen LogP) is 7.09. The molecule has 154 valence electrons. The summed E-state index contributed by atoms with van der Waals surface area (Å²) in [5.74, 6) is 1.37. The van der Waals surface area contributed by atoms with E-state index in [0.29, 0.717) is 22.2 Å². The third-order valence-electron chi connectivity index (χ3n) is 4.66. The molecular weight excluding hydrogens is 419 g/mol. The number of carbonyl (C=O) groups is 1. The molecule has 0 radical (unpaired) electrons. The van der Waals surface area contributed by atoms with E-state index in [1.165, 1.54) is 6.08 Å². The van der Waals surface area contributed by atoms with Gasteiger partial charge in [-0.3, -0.25) is 4.79 Å². The first-order valence-electron chi connectivity index (χ1n) is 9.42. The van der Waals surface area contributed by atoms with Crippen LogP contribution >= 0.6 is 23.2 Å². The molecule has 3 rings (SSSR count). The van der Waals surface area contributed by atoms with Crippen molar-refractivity contribution in [2.24, 2.45) is 0 Å². The van der Waals surface area contributed by atoms with Gasteiger partial charge in [0.2, 0.25) is 0 Å². The number of carbonyl (C=O) groups excluding carboxylic acids is 1. The van der Waals surface area contributed by atoms with Crippen LogP contribution in [0, 0.1) is 13.8 Å². The predicted molar refractivity (Wildman–Crippen MR) is 123 cm³/mol. The van der Waals surface area contributed by atoms with Crippen molar-refractivity contribution in [3.8, 4) is 11.5 Å². The SMILES string of the molecule is COc1ccc(/C=C/C(=O)c2ccc(Cl)cc2Cl)cc1COc1cc(C)ccc1C. The van der Waals surface area contributed by atoms with E-state index in [-0.39, 0.29) is 5.78 Å². The highest BCUT2D eigenvalue weighted by molar-refractivity contribution is 6.37. The van der Waals surface area contributed by atoms with E-state index < -0.39 is 0 Å². The van der Waals surface area contributed by atoms with Gasteiger partial charge in [-0.2, -0.15) is 0 Å². The molecule has 0 heterocycles. The van der Waals surface area contributed by atoms with Crippen molar-refractivity contribution < 1.29 is 14.3 Å². The number of ketones is 1. The van der Waals surface area contributed by atoms with Crippen LogP contribution in [0.3, 0.4) is 0 Å². The Morgan fingerprint density at radius 3 is 2.50 bits per heavy atom. The second-order valence-electron chi connectivity index (χ2n) is 6.95. The normalized spacial score (nSPS) is 11.0. The average Bonchev–Trinajstić information content (AvgIpc) is 2.72. The highest BCUT2D eigenvalue weighted by atomic mass is 35.5. The van der Waals surface area contributed by atoms with Gasteiger partial charge in [0.1, 0.15) is 18.1 Å². The fourth-order valence-corrected chi connectivity index (χ4v) is 3.49. The maximum Gasteiger partial charge on any atom is 0.187 e. The second kappa shape index (κ2) is 9.84. The Morgan fingerprint density at radius 2 is 1.77 bits per heavy atom. The summed E-state index contributed by atoms with van der Waals surface area (Å²) in [7, 11) is 1.62. The summed E-state index contributed by atoms with van der Waals surface area (Å²) in [6.45, 7) is 4.40. The van der Waals surface area contributed by atoms with E-state index in [2.05, 4.69) is 6.07 Å². The lowest BCUT2D eigenvalue weighted by Crippen LogP contribution is -2.01. The molecule has 3 aromatic rings. The van der Waals surface area contributed by atoms with Gasteiger partial charge in [-0.1, -0.05) is 47.5 Å². The van der Waals surface area contributed by atoms with Gasteiger partial charge in [-0.15, -0.1) is 0 Å². The van der Waals surface area contributed by atoms with Crippen molar-refractivity contribution in [3.63, 3.8) is 0 Å². The number of allylic oxidation sites excluding steroid dienone is 1. The van der Waals surface area contributed by atoms with Crippen LogP contribution in [0.1, 0.15) is 32.6 Å². The van der Waals surface area contributed by atoms with Crippen LogP contribution < -0.4 is 9.47 Å². The molecule has 0 saturated heterocycles. The first-order chi connectivity index (χ1) is 14.4. The second-order valence-corrected chi connectivity index (χ2v) is 7.79. The van der Waals surface area contributed by atoms with Crippen LogP contribution in [0.25, 0.3) is 6.08 Å². The average molecular weight is 441 g/mol. The molecule has 3 aromatic carbocycles. The minimum atomic E-state index is -0.194. The van der Waals surface area contributed by atoms with Crippen LogP contribution in [-0.4, -0.2) is 12.9 Å². The number of rotatable bonds is 7. The van der Waals surface area contributed by atoms with Crippen LogP contribution in [-0.2, 0) is 6.61 Å². The van der Waals surface area contributed by atoms with Gasteiger partial charge < -0.3 is 9.47 Å². The molecule has 0 unspecified atom stereocenters. The zero-order valence-corrected chi connectivity index (χ0v) is 18.6.